The zero-order chi connectivity index (χ0) is 24.8. The van der Waals surface area contributed by atoms with E-state index in [1.165, 1.54) is 0 Å². The maximum atomic E-state index is 13.0. The molecule has 3 aromatic rings. The summed E-state index contributed by atoms with van der Waals surface area (Å²) in [6.07, 6.45) is 0.697. The molecule has 0 unspecified atom stereocenters. The van der Waals surface area contributed by atoms with Crippen molar-refractivity contribution in [2.75, 3.05) is 14.2 Å². The minimum absolute atomic E-state index is 0.0306. The highest BCUT2D eigenvalue weighted by atomic mass is 16.5. The highest BCUT2D eigenvalue weighted by Crippen LogP contribution is 2.37. The monoisotopic (exact) mass is 465 g/mol. The summed E-state index contributed by atoms with van der Waals surface area (Å²) in [4.78, 5) is 14.9. The largest absolute Gasteiger partial charge is 0.497 e. The molecule has 0 saturated carbocycles. The van der Waals surface area contributed by atoms with Gasteiger partial charge in [0.25, 0.3) is 0 Å². The molecule has 0 fully saturated rings. The van der Waals surface area contributed by atoms with Crippen LogP contribution in [0, 0.1) is 5.92 Å². The smallest absolute Gasteiger partial charge is 0.228 e. The number of methoxy groups -OCH3 is 2. The van der Waals surface area contributed by atoms with Gasteiger partial charge in [0.05, 0.1) is 37.7 Å². The Kier molecular flexibility index (Phi) is 8.21. The van der Waals surface area contributed by atoms with Gasteiger partial charge in [0.15, 0.2) is 11.5 Å². The van der Waals surface area contributed by atoms with Gasteiger partial charge in [-0.05, 0) is 56.7 Å². The van der Waals surface area contributed by atoms with Gasteiger partial charge in [0.1, 0.15) is 5.75 Å². The van der Waals surface area contributed by atoms with Crippen LogP contribution < -0.4 is 14.2 Å². The molecule has 0 bridgehead atoms. The van der Waals surface area contributed by atoms with E-state index in [1.54, 1.807) is 18.9 Å². The van der Waals surface area contributed by atoms with E-state index in [-0.39, 0.29) is 17.9 Å². The zero-order valence-corrected chi connectivity index (χ0v) is 21.2. The van der Waals surface area contributed by atoms with E-state index in [1.807, 2.05) is 81.1 Å². The fourth-order valence-electron chi connectivity index (χ4n) is 3.75. The predicted molar refractivity (Wildman–Crippen MR) is 133 cm³/mol. The third-order valence-electron chi connectivity index (χ3n) is 5.68. The zero-order valence-electron chi connectivity index (χ0n) is 21.2. The van der Waals surface area contributed by atoms with Crippen LogP contribution in [0.1, 0.15) is 45.9 Å². The predicted octanol–water partition coefficient (Wildman–Crippen LogP) is 5.64. The average Bonchev–Trinajstić information content (AvgIpc) is 3.19. The van der Waals surface area contributed by atoms with Crippen molar-refractivity contribution in [2.45, 2.75) is 53.6 Å². The van der Waals surface area contributed by atoms with Gasteiger partial charge in [-0.2, -0.15) is 5.10 Å². The third kappa shape index (κ3) is 5.35. The molecule has 0 spiro atoms. The Hall–Kier alpha value is -3.48. The topological polar surface area (TPSA) is 65.8 Å². The quantitative estimate of drug-likeness (QED) is 0.388. The number of aromatic nitrogens is 2. The summed E-state index contributed by atoms with van der Waals surface area (Å²) in [5.41, 5.74) is 2.59. The molecular formula is C27H35N3O4. The number of rotatable bonds is 10. The van der Waals surface area contributed by atoms with E-state index in [4.69, 9.17) is 19.3 Å². The van der Waals surface area contributed by atoms with Crippen LogP contribution in [0.15, 0.2) is 48.5 Å². The number of carbonyl (C=O) groups is 1. The molecule has 182 valence electrons. The van der Waals surface area contributed by atoms with Crippen molar-refractivity contribution in [3.63, 3.8) is 0 Å². The number of para-hydroxylation sites is 2. The number of carbonyl (C=O) groups excluding carboxylic acids is 1. The minimum atomic E-state index is -0.109. The van der Waals surface area contributed by atoms with Crippen LogP contribution in [0.2, 0.25) is 0 Å². The highest BCUT2D eigenvalue weighted by molar-refractivity contribution is 5.78. The number of amides is 1. The molecule has 0 N–H and O–H groups in total. The van der Waals surface area contributed by atoms with Gasteiger partial charge < -0.3 is 19.1 Å². The van der Waals surface area contributed by atoms with Crippen LogP contribution in [-0.2, 0) is 17.8 Å². The van der Waals surface area contributed by atoms with Crippen LogP contribution in [-0.4, -0.2) is 40.8 Å². The molecule has 1 amide bonds. The van der Waals surface area contributed by atoms with Crippen LogP contribution in [0.5, 0.6) is 23.1 Å². The highest BCUT2D eigenvalue weighted by Gasteiger charge is 2.27. The fraction of sp³-hybridized carbons (Fsp3) is 0.407. The van der Waals surface area contributed by atoms with Gasteiger partial charge in [-0.1, -0.05) is 32.9 Å². The lowest BCUT2D eigenvalue weighted by Gasteiger charge is -2.29. The summed E-state index contributed by atoms with van der Waals surface area (Å²) in [6.45, 7) is 10.4. The van der Waals surface area contributed by atoms with Gasteiger partial charge in [-0.25, -0.2) is 4.68 Å². The van der Waals surface area contributed by atoms with Crippen LogP contribution >= 0.6 is 0 Å². The summed E-state index contributed by atoms with van der Waals surface area (Å²) in [5.74, 6) is 2.50. The lowest BCUT2D eigenvalue weighted by atomic mass is 10.1. The summed E-state index contributed by atoms with van der Waals surface area (Å²) < 4.78 is 19.1. The Labute approximate surface area is 202 Å². The maximum absolute atomic E-state index is 13.0. The van der Waals surface area contributed by atoms with Crippen LogP contribution in [0.25, 0.3) is 5.69 Å². The first-order valence-electron chi connectivity index (χ1n) is 11.7. The lowest BCUT2D eigenvalue weighted by molar-refractivity contribution is -0.136. The summed E-state index contributed by atoms with van der Waals surface area (Å²) in [6, 6.07) is 15.2. The van der Waals surface area contributed by atoms with Gasteiger partial charge in [0.2, 0.25) is 11.8 Å². The average molecular weight is 466 g/mol. The molecule has 0 aliphatic heterocycles. The second-order valence-electron chi connectivity index (χ2n) is 8.66. The van der Waals surface area contributed by atoms with E-state index in [0.717, 1.165) is 22.7 Å². The molecule has 0 atom stereocenters. The molecule has 1 aromatic heterocycles. The normalized spacial score (nSPS) is 11.1. The Morgan fingerprint density at radius 1 is 0.971 bits per heavy atom. The number of aryl methyl sites for hydroxylation is 1. The lowest BCUT2D eigenvalue weighted by Crippen LogP contribution is -2.39. The van der Waals surface area contributed by atoms with E-state index >= 15 is 0 Å². The molecule has 34 heavy (non-hydrogen) atoms. The van der Waals surface area contributed by atoms with Crippen molar-refractivity contribution in [2.24, 2.45) is 5.92 Å². The number of ether oxygens (including phenoxy) is 3. The number of hydrogen-bond donors (Lipinski definition) is 0. The van der Waals surface area contributed by atoms with Gasteiger partial charge in [0, 0.05) is 12.0 Å². The second kappa shape index (κ2) is 11.1. The summed E-state index contributed by atoms with van der Waals surface area (Å²) in [7, 11) is 3.25. The van der Waals surface area contributed by atoms with E-state index in [0.29, 0.717) is 30.3 Å². The molecule has 2 aromatic carbocycles. The first-order valence-corrected chi connectivity index (χ1v) is 11.7. The Morgan fingerprint density at radius 3 is 2.15 bits per heavy atom. The number of benzene rings is 2. The fourth-order valence-corrected chi connectivity index (χ4v) is 3.75. The van der Waals surface area contributed by atoms with Crippen LogP contribution in [0.3, 0.4) is 0 Å². The van der Waals surface area contributed by atoms with Crippen molar-refractivity contribution in [1.29, 1.82) is 0 Å². The molecule has 0 aliphatic carbocycles. The van der Waals surface area contributed by atoms with Gasteiger partial charge >= 0.3 is 0 Å². The number of hydrogen-bond acceptors (Lipinski definition) is 5. The molecule has 0 saturated heterocycles. The van der Waals surface area contributed by atoms with E-state index < -0.39 is 0 Å². The van der Waals surface area contributed by atoms with Crippen molar-refractivity contribution in [1.82, 2.24) is 14.7 Å². The van der Waals surface area contributed by atoms with Crippen molar-refractivity contribution in [3.05, 3.63) is 59.8 Å². The standard InChI is InChI=1S/C27H35N3O4/c1-8-23-22(17-29(19(4)5)26(31)18(2)3)27(34-25-12-10-9-11-24(25)33-7)30(28-23)20-13-15-21(32-6)16-14-20/h9-16,18-19H,8,17H2,1-7H3. The van der Waals surface area contributed by atoms with Gasteiger partial charge in [-0.15, -0.1) is 0 Å². The molecular weight excluding hydrogens is 430 g/mol. The Balaban J connectivity index is 2.17. The summed E-state index contributed by atoms with van der Waals surface area (Å²) >= 11 is 0. The van der Waals surface area contributed by atoms with Crippen LogP contribution in [0.4, 0.5) is 0 Å². The van der Waals surface area contributed by atoms with Crippen molar-refractivity contribution < 1.29 is 19.0 Å². The van der Waals surface area contributed by atoms with Crippen molar-refractivity contribution >= 4 is 5.91 Å². The second-order valence-corrected chi connectivity index (χ2v) is 8.66. The molecule has 1 heterocycles. The molecule has 0 radical (unpaired) electrons. The maximum Gasteiger partial charge on any atom is 0.228 e. The van der Waals surface area contributed by atoms with Crippen molar-refractivity contribution in [3.8, 4) is 28.8 Å². The summed E-state index contributed by atoms with van der Waals surface area (Å²) in [5, 5.41) is 4.89. The molecule has 3 rings (SSSR count). The molecule has 7 heteroatoms. The Bertz CT molecular complexity index is 1100. The molecule has 7 nitrogen and oxygen atoms in total. The van der Waals surface area contributed by atoms with E-state index in [2.05, 4.69) is 6.92 Å². The minimum Gasteiger partial charge on any atom is -0.497 e. The first kappa shape index (κ1) is 25.1. The number of nitrogens with zero attached hydrogens (tertiary/aromatic N) is 3. The molecule has 0 aliphatic rings. The Morgan fingerprint density at radius 2 is 1.62 bits per heavy atom. The SMILES string of the molecule is CCc1nn(-c2ccc(OC)cc2)c(Oc2ccccc2OC)c1CN(C(=O)C(C)C)C(C)C. The van der Waals surface area contributed by atoms with Gasteiger partial charge in [-0.3, -0.25) is 4.79 Å². The first-order chi connectivity index (χ1) is 16.3. The van der Waals surface area contributed by atoms with E-state index in [9.17, 15) is 4.79 Å². The third-order valence-corrected chi connectivity index (χ3v) is 5.68.